The number of aromatic nitrogens is 4. The first-order valence-electron chi connectivity index (χ1n) is 7.88. The second-order valence-corrected chi connectivity index (χ2v) is 5.86. The Labute approximate surface area is 129 Å². The van der Waals surface area contributed by atoms with Gasteiger partial charge in [0.15, 0.2) is 0 Å². The van der Waals surface area contributed by atoms with Crippen molar-refractivity contribution in [1.29, 1.82) is 0 Å². The molecular weight excluding hydrogens is 278 g/mol. The molecule has 1 fully saturated rings. The zero-order valence-corrected chi connectivity index (χ0v) is 12.6. The topological polar surface area (TPSA) is 72.7 Å². The highest BCUT2D eigenvalue weighted by Crippen LogP contribution is 2.34. The molecule has 3 rings (SSSR count). The number of carbonyl (C=O) groups excluding carboxylic acids is 1. The number of hydrogen-bond acceptors (Lipinski definition) is 4. The number of tetrazole rings is 1. The smallest absolute Gasteiger partial charge is 0.242 e. The Balaban J connectivity index is 1.71. The van der Waals surface area contributed by atoms with E-state index in [1.54, 1.807) is 0 Å². The van der Waals surface area contributed by atoms with Crippen molar-refractivity contribution in [2.24, 2.45) is 5.92 Å². The number of carbonyl (C=O) groups is 1. The van der Waals surface area contributed by atoms with Crippen LogP contribution in [-0.4, -0.2) is 26.1 Å². The normalized spacial score (nSPS) is 17.1. The Hall–Kier alpha value is -2.24. The molecule has 2 aromatic rings. The van der Waals surface area contributed by atoms with Gasteiger partial charge in [-0.1, -0.05) is 49.6 Å². The number of rotatable bonds is 5. The van der Waals surface area contributed by atoms with Crippen LogP contribution in [0.3, 0.4) is 0 Å². The lowest BCUT2D eigenvalue weighted by Crippen LogP contribution is -2.36. The van der Waals surface area contributed by atoms with Gasteiger partial charge in [0.05, 0.1) is 6.04 Å². The molecule has 1 atom stereocenters. The SMILES string of the molecule is O=C(Cn1cnnn1)N[C@H](c1ccccc1)C1CCCCC1. The second-order valence-electron chi connectivity index (χ2n) is 5.86. The van der Waals surface area contributed by atoms with Crippen molar-refractivity contribution in [1.82, 2.24) is 25.5 Å². The van der Waals surface area contributed by atoms with Crippen molar-refractivity contribution in [2.45, 2.75) is 44.7 Å². The van der Waals surface area contributed by atoms with Gasteiger partial charge in [-0.15, -0.1) is 5.10 Å². The van der Waals surface area contributed by atoms with Crippen LogP contribution in [0.2, 0.25) is 0 Å². The third kappa shape index (κ3) is 3.69. The Morgan fingerprint density at radius 3 is 2.68 bits per heavy atom. The fraction of sp³-hybridized carbons (Fsp3) is 0.500. The molecule has 0 unspecified atom stereocenters. The van der Waals surface area contributed by atoms with E-state index in [4.69, 9.17) is 0 Å². The van der Waals surface area contributed by atoms with E-state index in [1.807, 2.05) is 18.2 Å². The highest BCUT2D eigenvalue weighted by molar-refractivity contribution is 5.76. The Morgan fingerprint density at radius 2 is 2.00 bits per heavy atom. The summed E-state index contributed by atoms with van der Waals surface area (Å²) in [5.41, 5.74) is 1.18. The van der Waals surface area contributed by atoms with Gasteiger partial charge in [0, 0.05) is 0 Å². The first kappa shape index (κ1) is 14.7. The van der Waals surface area contributed by atoms with Crippen LogP contribution in [0.4, 0.5) is 0 Å². The van der Waals surface area contributed by atoms with Crippen molar-refractivity contribution in [3.8, 4) is 0 Å². The van der Waals surface area contributed by atoms with Gasteiger partial charge in [0.2, 0.25) is 5.91 Å². The van der Waals surface area contributed by atoms with Crippen LogP contribution in [0.25, 0.3) is 0 Å². The van der Waals surface area contributed by atoms with Gasteiger partial charge >= 0.3 is 0 Å². The van der Waals surface area contributed by atoms with Gasteiger partial charge in [0.25, 0.3) is 0 Å². The average Bonchev–Trinajstić information content (AvgIpc) is 3.07. The first-order valence-corrected chi connectivity index (χ1v) is 7.88. The molecule has 1 aliphatic carbocycles. The summed E-state index contributed by atoms with van der Waals surface area (Å²) < 4.78 is 1.44. The Morgan fingerprint density at radius 1 is 1.23 bits per heavy atom. The van der Waals surface area contributed by atoms with E-state index in [9.17, 15) is 4.79 Å². The molecule has 116 valence electrons. The van der Waals surface area contributed by atoms with E-state index in [-0.39, 0.29) is 18.5 Å². The molecular formula is C16H21N5O. The van der Waals surface area contributed by atoms with Gasteiger partial charge in [-0.2, -0.15) is 0 Å². The van der Waals surface area contributed by atoms with Gasteiger partial charge in [0.1, 0.15) is 12.9 Å². The minimum Gasteiger partial charge on any atom is -0.347 e. The summed E-state index contributed by atoms with van der Waals surface area (Å²) in [5, 5.41) is 14.0. The van der Waals surface area contributed by atoms with Crippen LogP contribution in [0.15, 0.2) is 36.7 Å². The molecule has 0 aliphatic heterocycles. The minimum atomic E-state index is -0.0493. The van der Waals surface area contributed by atoms with Gasteiger partial charge in [-0.05, 0) is 34.7 Å². The van der Waals surface area contributed by atoms with E-state index in [2.05, 4.69) is 33.0 Å². The molecule has 1 aromatic carbocycles. The lowest BCUT2D eigenvalue weighted by Gasteiger charge is -2.31. The lowest BCUT2D eigenvalue weighted by molar-refractivity contribution is -0.123. The largest absolute Gasteiger partial charge is 0.347 e. The molecule has 6 nitrogen and oxygen atoms in total. The summed E-state index contributed by atoms with van der Waals surface area (Å²) in [5.74, 6) is 0.459. The molecule has 0 bridgehead atoms. The summed E-state index contributed by atoms with van der Waals surface area (Å²) in [4.78, 5) is 12.3. The van der Waals surface area contributed by atoms with Gasteiger partial charge < -0.3 is 5.32 Å². The van der Waals surface area contributed by atoms with E-state index < -0.39 is 0 Å². The summed E-state index contributed by atoms with van der Waals surface area (Å²) in [6.07, 6.45) is 7.59. The van der Waals surface area contributed by atoms with Crippen molar-refractivity contribution in [3.63, 3.8) is 0 Å². The fourth-order valence-electron chi connectivity index (χ4n) is 3.22. The van der Waals surface area contributed by atoms with Crippen LogP contribution >= 0.6 is 0 Å². The summed E-state index contributed by atoms with van der Waals surface area (Å²) in [7, 11) is 0. The van der Waals surface area contributed by atoms with E-state index >= 15 is 0 Å². The third-order valence-corrected chi connectivity index (χ3v) is 4.29. The van der Waals surface area contributed by atoms with Crippen molar-refractivity contribution >= 4 is 5.91 Å². The molecule has 1 saturated carbocycles. The maximum Gasteiger partial charge on any atom is 0.242 e. The summed E-state index contributed by atoms with van der Waals surface area (Å²) in [6, 6.07) is 10.3. The van der Waals surface area contributed by atoms with Crippen LogP contribution in [-0.2, 0) is 11.3 Å². The van der Waals surface area contributed by atoms with Gasteiger partial charge in [-0.3, -0.25) is 4.79 Å². The fourth-order valence-corrected chi connectivity index (χ4v) is 3.22. The van der Waals surface area contributed by atoms with Crippen molar-refractivity contribution in [3.05, 3.63) is 42.2 Å². The molecule has 1 aliphatic rings. The standard InChI is InChI=1S/C16H21N5O/c22-15(11-21-12-17-19-20-21)18-16(13-7-3-1-4-8-13)14-9-5-2-6-10-14/h1,3-4,7-8,12,14,16H,2,5-6,9-11H2,(H,18,22)/t16-/m1/s1. The molecule has 1 aromatic heterocycles. The van der Waals surface area contributed by atoms with Crippen LogP contribution in [0, 0.1) is 5.92 Å². The van der Waals surface area contributed by atoms with E-state index in [0.717, 1.165) is 0 Å². The zero-order valence-electron chi connectivity index (χ0n) is 12.6. The number of benzene rings is 1. The number of amides is 1. The van der Waals surface area contributed by atoms with Crippen molar-refractivity contribution < 1.29 is 4.79 Å². The Kier molecular flexibility index (Phi) is 4.78. The van der Waals surface area contributed by atoms with Crippen LogP contribution < -0.4 is 5.32 Å². The predicted octanol–water partition coefficient (Wildman–Crippen LogP) is 2.11. The molecule has 1 amide bonds. The molecule has 22 heavy (non-hydrogen) atoms. The molecule has 1 N–H and O–H groups in total. The minimum absolute atomic E-state index is 0.0493. The maximum absolute atomic E-state index is 12.3. The van der Waals surface area contributed by atoms with Crippen LogP contribution in [0.1, 0.15) is 43.7 Å². The number of hydrogen-bond donors (Lipinski definition) is 1. The highest BCUT2D eigenvalue weighted by Gasteiger charge is 2.26. The third-order valence-electron chi connectivity index (χ3n) is 4.29. The van der Waals surface area contributed by atoms with Crippen LogP contribution in [0.5, 0.6) is 0 Å². The number of nitrogens with one attached hydrogen (secondary N) is 1. The molecule has 0 radical (unpaired) electrons. The molecule has 6 heteroatoms. The van der Waals surface area contributed by atoms with Gasteiger partial charge in [-0.25, -0.2) is 4.68 Å². The maximum atomic E-state index is 12.3. The lowest BCUT2D eigenvalue weighted by atomic mass is 9.81. The van der Waals surface area contributed by atoms with E-state index in [1.165, 1.54) is 48.7 Å². The first-order chi connectivity index (χ1) is 10.8. The molecule has 0 spiro atoms. The quantitative estimate of drug-likeness (QED) is 0.917. The average molecular weight is 299 g/mol. The zero-order chi connectivity index (χ0) is 15.2. The van der Waals surface area contributed by atoms with Crippen molar-refractivity contribution in [2.75, 3.05) is 0 Å². The Bertz CT molecular complexity index is 578. The molecule has 1 heterocycles. The monoisotopic (exact) mass is 299 g/mol. The summed E-state index contributed by atoms with van der Waals surface area (Å²) in [6.45, 7) is 0.156. The van der Waals surface area contributed by atoms with E-state index in [0.29, 0.717) is 5.92 Å². The molecule has 0 saturated heterocycles. The summed E-state index contributed by atoms with van der Waals surface area (Å²) >= 11 is 0. The predicted molar refractivity (Wildman–Crippen MR) is 81.7 cm³/mol. The number of nitrogens with zero attached hydrogens (tertiary/aromatic N) is 4. The highest BCUT2D eigenvalue weighted by atomic mass is 16.2. The second kappa shape index (κ2) is 7.15.